The molecule has 2 saturated carbocycles. The molecule has 0 unspecified atom stereocenters. The monoisotopic (exact) mass is 380 g/mol. The van der Waals surface area contributed by atoms with Crippen molar-refractivity contribution in [1.29, 1.82) is 0 Å². The third-order valence-corrected chi connectivity index (χ3v) is 6.57. The first-order chi connectivity index (χ1) is 12.9. The molecule has 1 saturated heterocycles. The fourth-order valence-corrected chi connectivity index (χ4v) is 4.87. The highest BCUT2D eigenvalue weighted by molar-refractivity contribution is 5.96. The molecular weight excluding hydrogens is 353 g/mol. The average molecular weight is 380 g/mol. The highest BCUT2D eigenvalue weighted by atomic mass is 19.4. The van der Waals surface area contributed by atoms with Gasteiger partial charge in [0.1, 0.15) is 0 Å². The largest absolute Gasteiger partial charge is 0.416 e. The van der Waals surface area contributed by atoms with E-state index in [2.05, 4.69) is 10.2 Å². The van der Waals surface area contributed by atoms with Crippen molar-refractivity contribution in [3.8, 4) is 0 Å². The molecule has 1 aromatic rings. The topological polar surface area (TPSA) is 32.3 Å². The van der Waals surface area contributed by atoms with Gasteiger partial charge in [0.2, 0.25) is 0 Å². The molecule has 1 heterocycles. The third kappa shape index (κ3) is 3.86. The lowest BCUT2D eigenvalue weighted by Gasteiger charge is -2.31. The first kappa shape index (κ1) is 18.8. The van der Waals surface area contributed by atoms with Gasteiger partial charge in [0.15, 0.2) is 0 Å². The molecule has 1 N–H and O–H groups in total. The van der Waals surface area contributed by atoms with Crippen LogP contribution in [0.1, 0.15) is 78.8 Å². The lowest BCUT2D eigenvalue weighted by Crippen LogP contribution is -2.48. The molecule has 0 aromatic heterocycles. The molecule has 3 aliphatic rings. The van der Waals surface area contributed by atoms with Crippen molar-refractivity contribution in [3.05, 3.63) is 34.9 Å². The predicted molar refractivity (Wildman–Crippen MR) is 97.7 cm³/mol. The molecule has 2 atom stereocenters. The van der Waals surface area contributed by atoms with E-state index < -0.39 is 11.7 Å². The van der Waals surface area contributed by atoms with Crippen LogP contribution in [-0.2, 0) is 6.18 Å². The van der Waals surface area contributed by atoms with Gasteiger partial charge in [-0.1, -0.05) is 6.42 Å². The van der Waals surface area contributed by atoms with Crippen molar-refractivity contribution in [2.75, 3.05) is 13.1 Å². The van der Waals surface area contributed by atoms with E-state index in [4.69, 9.17) is 0 Å². The fourth-order valence-electron chi connectivity index (χ4n) is 4.87. The van der Waals surface area contributed by atoms with Crippen molar-refractivity contribution in [3.63, 3.8) is 0 Å². The van der Waals surface area contributed by atoms with E-state index in [-0.39, 0.29) is 17.9 Å². The van der Waals surface area contributed by atoms with Crippen molar-refractivity contribution in [2.45, 2.75) is 75.5 Å². The first-order valence-electron chi connectivity index (χ1n) is 10.2. The molecule has 0 bridgehead atoms. The maximum absolute atomic E-state index is 13.1. The summed E-state index contributed by atoms with van der Waals surface area (Å²) in [7, 11) is 0. The van der Waals surface area contributed by atoms with Gasteiger partial charge in [0, 0.05) is 17.6 Å². The van der Waals surface area contributed by atoms with Crippen molar-refractivity contribution in [2.24, 2.45) is 0 Å². The summed E-state index contributed by atoms with van der Waals surface area (Å²) in [5.74, 6) is -0.132. The SMILES string of the molecule is O=C(N[C@H]1CCC[C@H]1N1CCCC1)c1ccc(C(F)(F)F)cc1C1CCC1. The number of benzene rings is 1. The Bertz CT molecular complexity index is 693. The van der Waals surface area contributed by atoms with E-state index in [0.717, 1.165) is 57.7 Å². The molecule has 27 heavy (non-hydrogen) atoms. The van der Waals surface area contributed by atoms with Gasteiger partial charge in [-0.3, -0.25) is 9.69 Å². The molecule has 0 radical (unpaired) electrons. The summed E-state index contributed by atoms with van der Waals surface area (Å²) in [5.41, 5.74) is 0.348. The molecule has 3 fully saturated rings. The lowest BCUT2D eigenvalue weighted by molar-refractivity contribution is -0.137. The van der Waals surface area contributed by atoms with Crippen LogP contribution in [0.5, 0.6) is 0 Å². The zero-order valence-corrected chi connectivity index (χ0v) is 15.5. The first-order valence-corrected chi connectivity index (χ1v) is 10.2. The summed E-state index contributed by atoms with van der Waals surface area (Å²) in [6.45, 7) is 2.18. The summed E-state index contributed by atoms with van der Waals surface area (Å²) in [4.78, 5) is 15.4. The van der Waals surface area contributed by atoms with Crippen LogP contribution >= 0.6 is 0 Å². The van der Waals surface area contributed by atoms with Gasteiger partial charge >= 0.3 is 6.18 Å². The van der Waals surface area contributed by atoms with Gasteiger partial charge in [0.25, 0.3) is 5.91 Å². The number of nitrogens with zero attached hydrogens (tertiary/aromatic N) is 1. The number of amides is 1. The molecule has 2 aliphatic carbocycles. The molecule has 1 aliphatic heterocycles. The summed E-state index contributed by atoms with van der Waals surface area (Å²) in [6.07, 6.45) is 3.92. The van der Waals surface area contributed by atoms with Crippen LogP contribution in [0.15, 0.2) is 18.2 Å². The Morgan fingerprint density at radius 2 is 1.70 bits per heavy atom. The van der Waals surface area contributed by atoms with Gasteiger partial charge in [-0.25, -0.2) is 0 Å². The number of likely N-dealkylation sites (tertiary alicyclic amines) is 1. The van der Waals surface area contributed by atoms with Gasteiger partial charge in [-0.15, -0.1) is 0 Å². The molecule has 4 rings (SSSR count). The summed E-state index contributed by atoms with van der Waals surface area (Å²) >= 11 is 0. The number of carbonyl (C=O) groups excluding carboxylic acids is 1. The minimum absolute atomic E-state index is 0.0750. The Morgan fingerprint density at radius 1 is 1.00 bits per heavy atom. The number of rotatable bonds is 4. The minimum Gasteiger partial charge on any atom is -0.348 e. The average Bonchev–Trinajstić information content (AvgIpc) is 3.23. The van der Waals surface area contributed by atoms with Gasteiger partial charge < -0.3 is 5.32 Å². The zero-order chi connectivity index (χ0) is 19.0. The molecule has 1 aromatic carbocycles. The van der Waals surface area contributed by atoms with Crippen molar-refractivity contribution < 1.29 is 18.0 Å². The summed E-state index contributed by atoms with van der Waals surface area (Å²) in [5, 5.41) is 3.16. The highest BCUT2D eigenvalue weighted by Crippen LogP contribution is 2.41. The number of carbonyl (C=O) groups is 1. The van der Waals surface area contributed by atoms with Crippen molar-refractivity contribution >= 4 is 5.91 Å². The normalized spacial score (nSPS) is 26.9. The minimum atomic E-state index is -4.38. The number of hydrogen-bond donors (Lipinski definition) is 1. The van der Waals surface area contributed by atoms with Crippen LogP contribution in [0.3, 0.4) is 0 Å². The van der Waals surface area contributed by atoms with Gasteiger partial charge in [-0.2, -0.15) is 13.2 Å². The summed E-state index contributed by atoms with van der Waals surface area (Å²) < 4.78 is 39.4. The lowest BCUT2D eigenvalue weighted by atomic mass is 9.77. The third-order valence-electron chi connectivity index (χ3n) is 6.57. The second kappa shape index (κ2) is 7.46. The van der Waals surface area contributed by atoms with Crippen LogP contribution in [-0.4, -0.2) is 36.0 Å². The molecule has 6 heteroatoms. The van der Waals surface area contributed by atoms with Crippen LogP contribution in [0.4, 0.5) is 13.2 Å². The van der Waals surface area contributed by atoms with Crippen LogP contribution in [0, 0.1) is 0 Å². The Morgan fingerprint density at radius 3 is 2.33 bits per heavy atom. The van der Waals surface area contributed by atoms with E-state index in [9.17, 15) is 18.0 Å². The predicted octanol–water partition coefficient (Wildman–Crippen LogP) is 4.72. The Labute approximate surface area is 158 Å². The molecule has 148 valence electrons. The Kier molecular flexibility index (Phi) is 5.19. The molecular formula is C21H27F3N2O. The smallest absolute Gasteiger partial charge is 0.348 e. The van der Waals surface area contributed by atoms with Crippen LogP contribution < -0.4 is 5.32 Å². The zero-order valence-electron chi connectivity index (χ0n) is 15.5. The number of halogens is 3. The fraction of sp³-hybridized carbons (Fsp3) is 0.667. The van der Waals surface area contributed by atoms with Crippen LogP contribution in [0.2, 0.25) is 0 Å². The summed E-state index contributed by atoms with van der Waals surface area (Å²) in [6, 6.07) is 4.10. The van der Waals surface area contributed by atoms with Crippen molar-refractivity contribution in [1.82, 2.24) is 10.2 Å². The standard InChI is InChI=1S/C21H27F3N2O/c22-21(23,24)15-9-10-16(17(13-15)14-5-3-6-14)20(27)25-18-7-4-8-19(18)26-11-1-2-12-26/h9-10,13-14,18-19H,1-8,11-12H2,(H,25,27)/t18-,19+/m0/s1. The number of hydrogen-bond acceptors (Lipinski definition) is 2. The molecule has 1 amide bonds. The molecule has 3 nitrogen and oxygen atoms in total. The second-order valence-corrected chi connectivity index (χ2v) is 8.25. The number of nitrogens with one attached hydrogen (secondary N) is 1. The van der Waals surface area contributed by atoms with E-state index in [1.54, 1.807) is 0 Å². The molecule has 0 spiro atoms. The van der Waals surface area contributed by atoms with E-state index in [0.29, 0.717) is 17.2 Å². The van der Waals surface area contributed by atoms with E-state index in [1.165, 1.54) is 25.0 Å². The van der Waals surface area contributed by atoms with E-state index in [1.807, 2.05) is 0 Å². The highest BCUT2D eigenvalue weighted by Gasteiger charge is 2.36. The maximum atomic E-state index is 13.1. The Balaban J connectivity index is 1.54. The maximum Gasteiger partial charge on any atom is 0.416 e. The van der Waals surface area contributed by atoms with E-state index >= 15 is 0 Å². The second-order valence-electron chi connectivity index (χ2n) is 8.25. The van der Waals surface area contributed by atoms with Gasteiger partial charge in [-0.05, 0) is 87.7 Å². The Hall–Kier alpha value is -1.56. The number of alkyl halides is 3. The van der Waals surface area contributed by atoms with Gasteiger partial charge in [0.05, 0.1) is 5.56 Å². The quantitative estimate of drug-likeness (QED) is 0.820. The van der Waals surface area contributed by atoms with Crippen LogP contribution in [0.25, 0.3) is 0 Å².